The van der Waals surface area contributed by atoms with Gasteiger partial charge in [0.1, 0.15) is 17.3 Å². The third-order valence-electron chi connectivity index (χ3n) is 3.09. The van der Waals surface area contributed by atoms with Crippen molar-refractivity contribution in [2.24, 2.45) is 0 Å². The zero-order valence-electron chi connectivity index (χ0n) is 10.6. The number of methoxy groups -OCH3 is 1. The van der Waals surface area contributed by atoms with Crippen molar-refractivity contribution in [1.29, 1.82) is 0 Å². The number of aromatic hydroxyl groups is 1. The highest BCUT2D eigenvalue weighted by Gasteiger charge is 2.06. The Balaban J connectivity index is 1.96. The lowest BCUT2D eigenvalue weighted by Crippen LogP contribution is -1.96. The molecule has 0 aliphatic heterocycles. The van der Waals surface area contributed by atoms with Gasteiger partial charge in [0, 0.05) is 18.7 Å². The fraction of sp³-hybridized carbons (Fsp3) is 0.133. The van der Waals surface area contributed by atoms with Crippen molar-refractivity contribution in [3.63, 3.8) is 0 Å². The number of rotatable bonds is 3. The summed E-state index contributed by atoms with van der Waals surface area (Å²) in [5, 5.41) is 9.44. The molecule has 4 heteroatoms. The maximum Gasteiger partial charge on any atom is 0.119 e. The molecule has 0 atom stereocenters. The van der Waals surface area contributed by atoms with E-state index in [1.807, 2.05) is 34.9 Å². The molecule has 0 amide bonds. The zero-order chi connectivity index (χ0) is 13.2. The first-order chi connectivity index (χ1) is 9.26. The van der Waals surface area contributed by atoms with E-state index in [4.69, 9.17) is 4.74 Å². The second-order valence-electron chi connectivity index (χ2n) is 4.38. The second-order valence-corrected chi connectivity index (χ2v) is 4.38. The van der Waals surface area contributed by atoms with E-state index in [-0.39, 0.29) is 5.75 Å². The Morgan fingerprint density at radius 3 is 3.00 bits per heavy atom. The highest BCUT2D eigenvalue weighted by molar-refractivity contribution is 5.50. The van der Waals surface area contributed by atoms with Gasteiger partial charge in [0.05, 0.1) is 18.8 Å². The largest absolute Gasteiger partial charge is 0.508 e. The molecule has 0 saturated carbocycles. The van der Waals surface area contributed by atoms with Crippen LogP contribution in [-0.2, 0) is 6.42 Å². The molecule has 0 bridgehead atoms. The lowest BCUT2D eigenvalue weighted by molar-refractivity contribution is 0.414. The van der Waals surface area contributed by atoms with Crippen LogP contribution < -0.4 is 4.74 Å². The average Bonchev–Trinajstić information content (AvgIpc) is 2.81. The molecule has 0 aliphatic rings. The minimum absolute atomic E-state index is 0.250. The number of ether oxygens (including phenoxy) is 1. The van der Waals surface area contributed by atoms with Crippen molar-refractivity contribution in [2.45, 2.75) is 6.42 Å². The topological polar surface area (TPSA) is 46.8 Å². The van der Waals surface area contributed by atoms with Gasteiger partial charge in [-0.2, -0.15) is 0 Å². The van der Waals surface area contributed by atoms with Crippen LogP contribution in [0.5, 0.6) is 11.5 Å². The number of benzene rings is 1. The van der Waals surface area contributed by atoms with E-state index in [1.54, 1.807) is 25.4 Å². The lowest BCUT2D eigenvalue weighted by Gasteiger charge is -2.04. The van der Waals surface area contributed by atoms with E-state index in [0.29, 0.717) is 0 Å². The summed E-state index contributed by atoms with van der Waals surface area (Å²) < 4.78 is 7.19. The summed E-state index contributed by atoms with van der Waals surface area (Å²) in [5.74, 6) is 2.03. The standard InChI is InChI=1S/C15H14N2O2/c1-19-14-4-2-3-11(7-14)8-15-16-10-12-9-13(18)5-6-17(12)15/h2-7,9-10,18H,8H2,1H3. The molecule has 3 aromatic rings. The fourth-order valence-corrected chi connectivity index (χ4v) is 2.14. The molecule has 0 unspecified atom stereocenters. The summed E-state index contributed by atoms with van der Waals surface area (Å²) in [4.78, 5) is 4.40. The molecule has 1 aromatic carbocycles. The van der Waals surface area contributed by atoms with Gasteiger partial charge in [-0.25, -0.2) is 4.98 Å². The van der Waals surface area contributed by atoms with Crippen LogP contribution in [0.3, 0.4) is 0 Å². The van der Waals surface area contributed by atoms with Crippen molar-refractivity contribution >= 4 is 5.52 Å². The first kappa shape index (κ1) is 11.6. The van der Waals surface area contributed by atoms with E-state index in [1.165, 1.54) is 0 Å². The molecule has 96 valence electrons. The van der Waals surface area contributed by atoms with Gasteiger partial charge in [0.15, 0.2) is 0 Å². The van der Waals surface area contributed by atoms with Crippen LogP contribution in [0.1, 0.15) is 11.4 Å². The molecule has 2 heterocycles. The molecule has 1 N–H and O–H groups in total. The van der Waals surface area contributed by atoms with Crippen LogP contribution in [0.15, 0.2) is 48.8 Å². The van der Waals surface area contributed by atoms with Crippen LogP contribution >= 0.6 is 0 Å². The number of imidazole rings is 1. The third-order valence-corrected chi connectivity index (χ3v) is 3.09. The fourth-order valence-electron chi connectivity index (χ4n) is 2.14. The molecule has 4 nitrogen and oxygen atoms in total. The maximum absolute atomic E-state index is 9.44. The number of hydrogen-bond acceptors (Lipinski definition) is 3. The summed E-state index contributed by atoms with van der Waals surface area (Å²) >= 11 is 0. The smallest absolute Gasteiger partial charge is 0.119 e. The summed E-state index contributed by atoms with van der Waals surface area (Å²) in [5.41, 5.74) is 2.03. The van der Waals surface area contributed by atoms with E-state index >= 15 is 0 Å². The minimum atomic E-state index is 0.250. The maximum atomic E-state index is 9.44. The van der Waals surface area contributed by atoms with E-state index < -0.39 is 0 Å². The third kappa shape index (κ3) is 2.25. The van der Waals surface area contributed by atoms with Crippen LogP contribution in [0.4, 0.5) is 0 Å². The summed E-state index contributed by atoms with van der Waals surface area (Å²) in [6, 6.07) is 11.3. The Morgan fingerprint density at radius 1 is 1.26 bits per heavy atom. The summed E-state index contributed by atoms with van der Waals surface area (Å²) in [6.07, 6.45) is 4.30. The lowest BCUT2D eigenvalue weighted by atomic mass is 10.1. The zero-order valence-corrected chi connectivity index (χ0v) is 10.6. The first-order valence-corrected chi connectivity index (χ1v) is 6.04. The summed E-state index contributed by atoms with van der Waals surface area (Å²) in [6.45, 7) is 0. The number of hydrogen-bond donors (Lipinski definition) is 1. The van der Waals surface area contributed by atoms with Crippen molar-refractivity contribution in [2.75, 3.05) is 7.11 Å². The molecule has 3 rings (SSSR count). The van der Waals surface area contributed by atoms with Crippen LogP contribution in [0, 0.1) is 0 Å². The number of fused-ring (bicyclic) bond motifs is 1. The van der Waals surface area contributed by atoms with Gasteiger partial charge in [-0.3, -0.25) is 0 Å². The monoisotopic (exact) mass is 254 g/mol. The molecule has 0 spiro atoms. The Kier molecular flexibility index (Phi) is 2.83. The second kappa shape index (κ2) is 4.65. The predicted octanol–water partition coefficient (Wildman–Crippen LogP) is 2.64. The quantitative estimate of drug-likeness (QED) is 0.781. The van der Waals surface area contributed by atoms with Gasteiger partial charge in [-0.1, -0.05) is 12.1 Å². The number of aromatic nitrogens is 2. The van der Waals surface area contributed by atoms with E-state index in [2.05, 4.69) is 4.98 Å². The van der Waals surface area contributed by atoms with Crippen LogP contribution in [-0.4, -0.2) is 21.6 Å². The SMILES string of the molecule is COc1cccc(Cc2ncc3cc(O)ccn23)c1. The Labute approximate surface area is 110 Å². The first-order valence-electron chi connectivity index (χ1n) is 6.04. The molecular formula is C15H14N2O2. The van der Waals surface area contributed by atoms with E-state index in [9.17, 15) is 5.11 Å². The Bertz CT molecular complexity index is 719. The predicted molar refractivity (Wildman–Crippen MR) is 72.7 cm³/mol. The van der Waals surface area contributed by atoms with Crippen molar-refractivity contribution < 1.29 is 9.84 Å². The van der Waals surface area contributed by atoms with Gasteiger partial charge in [-0.05, 0) is 23.8 Å². The van der Waals surface area contributed by atoms with Gasteiger partial charge in [0.25, 0.3) is 0 Å². The van der Waals surface area contributed by atoms with Gasteiger partial charge in [0.2, 0.25) is 0 Å². The molecule has 0 radical (unpaired) electrons. The van der Waals surface area contributed by atoms with Crippen molar-refractivity contribution in [3.8, 4) is 11.5 Å². The molecule has 0 aliphatic carbocycles. The van der Waals surface area contributed by atoms with Crippen molar-refractivity contribution in [3.05, 3.63) is 60.2 Å². The minimum Gasteiger partial charge on any atom is -0.508 e. The summed E-state index contributed by atoms with van der Waals surface area (Å²) in [7, 11) is 1.66. The number of pyridine rings is 1. The van der Waals surface area contributed by atoms with Gasteiger partial charge < -0.3 is 14.2 Å². The molecule has 19 heavy (non-hydrogen) atoms. The van der Waals surface area contributed by atoms with Gasteiger partial charge >= 0.3 is 0 Å². The molecule has 2 aromatic heterocycles. The van der Waals surface area contributed by atoms with Crippen LogP contribution in [0.2, 0.25) is 0 Å². The van der Waals surface area contributed by atoms with Crippen molar-refractivity contribution in [1.82, 2.24) is 9.38 Å². The molecular weight excluding hydrogens is 240 g/mol. The Hall–Kier alpha value is -2.49. The highest BCUT2D eigenvalue weighted by atomic mass is 16.5. The highest BCUT2D eigenvalue weighted by Crippen LogP contribution is 2.18. The number of nitrogens with zero attached hydrogens (tertiary/aromatic N) is 2. The van der Waals surface area contributed by atoms with Crippen LogP contribution in [0.25, 0.3) is 5.52 Å². The molecule has 0 saturated heterocycles. The van der Waals surface area contributed by atoms with E-state index in [0.717, 1.165) is 29.1 Å². The normalized spacial score (nSPS) is 10.8. The molecule has 0 fully saturated rings. The average molecular weight is 254 g/mol. The Morgan fingerprint density at radius 2 is 2.16 bits per heavy atom. The van der Waals surface area contributed by atoms with Gasteiger partial charge in [-0.15, -0.1) is 0 Å².